The zero-order valence-electron chi connectivity index (χ0n) is 11.2. The number of halogens is 1. The summed E-state index contributed by atoms with van der Waals surface area (Å²) in [5.41, 5.74) is 9.31. The highest BCUT2D eigenvalue weighted by Gasteiger charge is 2.03. The summed E-state index contributed by atoms with van der Waals surface area (Å²) in [5, 5.41) is 0. The Kier molecular flexibility index (Phi) is 4.17. The summed E-state index contributed by atoms with van der Waals surface area (Å²) in [4.78, 5) is 0. The highest BCUT2D eigenvalue weighted by molar-refractivity contribution is 5.36. The van der Waals surface area contributed by atoms with E-state index in [0.29, 0.717) is 13.2 Å². The Balaban J connectivity index is 2.14. The molecule has 0 radical (unpaired) electrons. The lowest BCUT2D eigenvalue weighted by atomic mass is 10.1. The van der Waals surface area contributed by atoms with Crippen LogP contribution in [0.5, 0.6) is 5.75 Å². The minimum absolute atomic E-state index is 0.275. The quantitative estimate of drug-likeness (QED) is 0.912. The molecule has 0 aromatic heterocycles. The minimum Gasteiger partial charge on any atom is -0.489 e. The number of nitrogens with two attached hydrogens (primary N) is 1. The van der Waals surface area contributed by atoms with Gasteiger partial charge in [0.1, 0.15) is 18.2 Å². The number of hydrogen-bond acceptors (Lipinski definition) is 2. The van der Waals surface area contributed by atoms with Crippen molar-refractivity contribution in [1.82, 2.24) is 0 Å². The van der Waals surface area contributed by atoms with Crippen molar-refractivity contribution in [2.24, 2.45) is 5.73 Å². The molecule has 0 aliphatic heterocycles. The maximum atomic E-state index is 13.4. The molecule has 0 aliphatic carbocycles. The van der Waals surface area contributed by atoms with Crippen molar-refractivity contribution >= 4 is 0 Å². The molecule has 2 aromatic carbocycles. The van der Waals surface area contributed by atoms with E-state index in [1.165, 1.54) is 12.1 Å². The van der Waals surface area contributed by atoms with Crippen molar-refractivity contribution in [3.63, 3.8) is 0 Å². The fourth-order valence-electron chi connectivity index (χ4n) is 1.94. The molecule has 100 valence electrons. The zero-order valence-corrected chi connectivity index (χ0v) is 11.2. The van der Waals surface area contributed by atoms with E-state index in [1.807, 2.05) is 38.1 Å². The Morgan fingerprint density at radius 2 is 1.79 bits per heavy atom. The summed E-state index contributed by atoms with van der Waals surface area (Å²) in [7, 11) is 0. The van der Waals surface area contributed by atoms with Crippen LogP contribution in [0.25, 0.3) is 0 Å². The molecular formula is C16H18FNO. The van der Waals surface area contributed by atoms with E-state index < -0.39 is 0 Å². The second-order valence-corrected chi connectivity index (χ2v) is 4.73. The average Bonchev–Trinajstić information content (AvgIpc) is 2.39. The van der Waals surface area contributed by atoms with Crippen molar-refractivity contribution in [1.29, 1.82) is 0 Å². The predicted molar refractivity (Wildman–Crippen MR) is 74.5 cm³/mol. The molecule has 0 saturated carbocycles. The molecule has 0 amide bonds. The summed E-state index contributed by atoms with van der Waals surface area (Å²) in [6.45, 7) is 4.68. The summed E-state index contributed by atoms with van der Waals surface area (Å²) >= 11 is 0. The van der Waals surface area contributed by atoms with Crippen molar-refractivity contribution in [2.45, 2.75) is 27.0 Å². The van der Waals surface area contributed by atoms with Crippen LogP contribution in [0.2, 0.25) is 0 Å². The van der Waals surface area contributed by atoms with Crippen LogP contribution < -0.4 is 10.5 Å². The molecule has 2 N–H and O–H groups in total. The lowest BCUT2D eigenvalue weighted by molar-refractivity contribution is 0.303. The van der Waals surface area contributed by atoms with E-state index in [0.717, 1.165) is 28.0 Å². The van der Waals surface area contributed by atoms with Crippen molar-refractivity contribution in [3.05, 3.63) is 64.5 Å². The van der Waals surface area contributed by atoms with E-state index >= 15 is 0 Å². The molecule has 19 heavy (non-hydrogen) atoms. The predicted octanol–water partition coefficient (Wildman–Crippen LogP) is 3.48. The van der Waals surface area contributed by atoms with Crippen LogP contribution in [-0.4, -0.2) is 0 Å². The van der Waals surface area contributed by atoms with E-state index in [1.54, 1.807) is 0 Å². The zero-order chi connectivity index (χ0) is 13.8. The highest BCUT2D eigenvalue weighted by atomic mass is 19.1. The molecule has 2 aromatic rings. The first-order valence-electron chi connectivity index (χ1n) is 6.27. The largest absolute Gasteiger partial charge is 0.489 e. The number of aryl methyl sites for hydroxylation is 2. The van der Waals surface area contributed by atoms with Gasteiger partial charge in [0, 0.05) is 6.54 Å². The number of rotatable bonds is 4. The lowest BCUT2D eigenvalue weighted by Gasteiger charge is -2.11. The molecule has 0 aliphatic rings. The van der Waals surface area contributed by atoms with Gasteiger partial charge in [0.25, 0.3) is 0 Å². The van der Waals surface area contributed by atoms with E-state index in [4.69, 9.17) is 10.5 Å². The first-order chi connectivity index (χ1) is 9.08. The van der Waals surface area contributed by atoms with Crippen LogP contribution >= 0.6 is 0 Å². The summed E-state index contributed by atoms with van der Waals surface area (Å²) < 4.78 is 19.1. The van der Waals surface area contributed by atoms with Crippen LogP contribution in [0.15, 0.2) is 36.4 Å². The highest BCUT2D eigenvalue weighted by Crippen LogP contribution is 2.21. The Labute approximate surface area is 113 Å². The van der Waals surface area contributed by atoms with E-state index in [9.17, 15) is 4.39 Å². The monoisotopic (exact) mass is 259 g/mol. The Bertz CT molecular complexity index is 581. The first-order valence-corrected chi connectivity index (χ1v) is 6.27. The molecule has 0 saturated heterocycles. The van der Waals surface area contributed by atoms with Crippen LogP contribution in [0.4, 0.5) is 4.39 Å². The normalized spacial score (nSPS) is 10.5. The topological polar surface area (TPSA) is 35.2 Å². The minimum atomic E-state index is -0.275. The van der Waals surface area contributed by atoms with Crippen molar-refractivity contribution in [2.75, 3.05) is 0 Å². The van der Waals surface area contributed by atoms with Gasteiger partial charge in [0.2, 0.25) is 0 Å². The van der Waals surface area contributed by atoms with Gasteiger partial charge in [0.15, 0.2) is 0 Å². The van der Waals surface area contributed by atoms with Crippen molar-refractivity contribution in [3.8, 4) is 5.75 Å². The Hall–Kier alpha value is -1.87. The third-order valence-corrected chi connectivity index (χ3v) is 2.99. The number of hydrogen-bond donors (Lipinski definition) is 1. The molecule has 2 rings (SSSR count). The van der Waals surface area contributed by atoms with Crippen molar-refractivity contribution < 1.29 is 9.13 Å². The second-order valence-electron chi connectivity index (χ2n) is 4.73. The lowest BCUT2D eigenvalue weighted by Crippen LogP contribution is -2.02. The van der Waals surface area contributed by atoms with Gasteiger partial charge in [-0.15, -0.1) is 0 Å². The smallest absolute Gasteiger partial charge is 0.123 e. The molecule has 0 spiro atoms. The molecular weight excluding hydrogens is 241 g/mol. The molecule has 3 heteroatoms. The molecule has 0 unspecified atom stereocenters. The standard InChI is InChI=1S/C16H18FNO/c1-11-3-4-12(2)16(5-11)19-10-14-6-13(9-18)7-15(17)8-14/h3-8H,9-10,18H2,1-2H3. The van der Waals surface area contributed by atoms with E-state index in [2.05, 4.69) is 0 Å². The first kappa shape index (κ1) is 13.6. The Morgan fingerprint density at radius 3 is 2.53 bits per heavy atom. The number of ether oxygens (including phenoxy) is 1. The maximum Gasteiger partial charge on any atom is 0.123 e. The average molecular weight is 259 g/mol. The van der Waals surface area contributed by atoms with Gasteiger partial charge in [-0.3, -0.25) is 0 Å². The molecule has 0 atom stereocenters. The van der Waals surface area contributed by atoms with E-state index in [-0.39, 0.29) is 5.82 Å². The molecule has 0 heterocycles. The van der Waals surface area contributed by atoms with Gasteiger partial charge < -0.3 is 10.5 Å². The Morgan fingerprint density at radius 1 is 1.05 bits per heavy atom. The summed E-state index contributed by atoms with van der Waals surface area (Å²) in [6, 6.07) is 10.8. The summed E-state index contributed by atoms with van der Waals surface area (Å²) in [6.07, 6.45) is 0. The van der Waals surface area contributed by atoms with Crippen LogP contribution in [-0.2, 0) is 13.2 Å². The van der Waals surface area contributed by atoms with Crippen LogP contribution in [0.1, 0.15) is 22.3 Å². The fourth-order valence-corrected chi connectivity index (χ4v) is 1.94. The van der Waals surface area contributed by atoms with Gasteiger partial charge in [-0.1, -0.05) is 18.2 Å². The third-order valence-electron chi connectivity index (χ3n) is 2.99. The second kappa shape index (κ2) is 5.85. The number of benzene rings is 2. The summed E-state index contributed by atoms with van der Waals surface area (Å²) in [5.74, 6) is 0.557. The fraction of sp³-hybridized carbons (Fsp3) is 0.250. The van der Waals surface area contributed by atoms with Crippen LogP contribution in [0, 0.1) is 19.7 Å². The SMILES string of the molecule is Cc1ccc(C)c(OCc2cc(F)cc(CN)c2)c1. The molecule has 0 bridgehead atoms. The molecule has 0 fully saturated rings. The maximum absolute atomic E-state index is 13.4. The van der Waals surface area contributed by atoms with Crippen LogP contribution in [0.3, 0.4) is 0 Å². The van der Waals surface area contributed by atoms with Gasteiger partial charge >= 0.3 is 0 Å². The van der Waals surface area contributed by atoms with Gasteiger partial charge in [-0.25, -0.2) is 4.39 Å². The molecule has 2 nitrogen and oxygen atoms in total. The van der Waals surface area contributed by atoms with Gasteiger partial charge in [-0.2, -0.15) is 0 Å². The van der Waals surface area contributed by atoms with Gasteiger partial charge in [0.05, 0.1) is 0 Å². The van der Waals surface area contributed by atoms with Gasteiger partial charge in [-0.05, 0) is 54.3 Å². The third kappa shape index (κ3) is 3.55.